The smallest absolute Gasteiger partial charge is 0.227 e. The van der Waals surface area contributed by atoms with Crippen molar-refractivity contribution in [3.05, 3.63) is 146 Å². The number of nitrogens with zero attached hydrogens (tertiary/aromatic N) is 2. The molecular weight excluding hydrogens is 601 g/mol. The van der Waals surface area contributed by atoms with E-state index in [0.29, 0.717) is 5.89 Å². The Morgan fingerprint density at radius 3 is 1.70 bits per heavy atom. The summed E-state index contributed by atoms with van der Waals surface area (Å²) in [5.41, 5.74) is 5.99. The van der Waals surface area contributed by atoms with Crippen molar-refractivity contribution in [3.8, 4) is 11.5 Å². The second kappa shape index (κ2) is 10.0. The maximum atomic E-state index is 6.38. The molecule has 0 bridgehead atoms. The lowest BCUT2D eigenvalue weighted by molar-refractivity contribution is 0.623. The van der Waals surface area contributed by atoms with Crippen molar-refractivity contribution >= 4 is 102 Å². The van der Waals surface area contributed by atoms with Crippen molar-refractivity contribution in [1.82, 2.24) is 4.98 Å². The Morgan fingerprint density at radius 2 is 1.02 bits per heavy atom. The number of oxazole rings is 1. The van der Waals surface area contributed by atoms with Crippen molar-refractivity contribution in [2.24, 2.45) is 0 Å². The minimum atomic E-state index is 0.640. The number of benzene rings is 7. The van der Waals surface area contributed by atoms with E-state index in [1.54, 1.807) is 0 Å². The molecule has 0 fully saturated rings. The predicted molar refractivity (Wildman–Crippen MR) is 197 cm³/mol. The van der Waals surface area contributed by atoms with Crippen molar-refractivity contribution in [3.63, 3.8) is 0 Å². The summed E-state index contributed by atoms with van der Waals surface area (Å²) in [6, 6.07) is 52.1. The molecule has 0 spiro atoms. The van der Waals surface area contributed by atoms with Gasteiger partial charge < -0.3 is 9.32 Å². The van der Waals surface area contributed by atoms with E-state index >= 15 is 0 Å². The van der Waals surface area contributed by atoms with Crippen molar-refractivity contribution < 1.29 is 4.42 Å². The Labute approximate surface area is 272 Å². The Balaban J connectivity index is 1.18. The van der Waals surface area contributed by atoms with Gasteiger partial charge in [-0.3, -0.25) is 0 Å². The normalized spacial score (nSPS) is 11.9. The highest BCUT2D eigenvalue weighted by Crippen LogP contribution is 2.44. The van der Waals surface area contributed by atoms with E-state index in [2.05, 4.69) is 120 Å². The maximum absolute atomic E-state index is 6.38. The number of hydrogen-bond donors (Lipinski definition) is 0. The molecule has 0 unspecified atom stereocenters. The Bertz CT molecular complexity index is 2660. The maximum Gasteiger partial charge on any atom is 0.227 e. The highest BCUT2D eigenvalue weighted by atomic mass is 32.1. The fourth-order valence-corrected chi connectivity index (χ4v) is 8.87. The molecule has 0 aliphatic carbocycles. The van der Waals surface area contributed by atoms with Crippen LogP contribution in [0.1, 0.15) is 0 Å². The van der Waals surface area contributed by atoms with Crippen LogP contribution in [-0.4, -0.2) is 4.98 Å². The number of aromatic nitrogens is 1. The van der Waals surface area contributed by atoms with Crippen LogP contribution in [0.25, 0.3) is 73.7 Å². The van der Waals surface area contributed by atoms with Gasteiger partial charge in [-0.25, -0.2) is 4.98 Å². The lowest BCUT2D eigenvalue weighted by Crippen LogP contribution is -2.09. The van der Waals surface area contributed by atoms with Gasteiger partial charge in [-0.1, -0.05) is 60.7 Å². The molecule has 3 heterocycles. The fourth-order valence-electron chi connectivity index (χ4n) is 6.70. The van der Waals surface area contributed by atoms with Crippen LogP contribution in [0, 0.1) is 0 Å². The summed E-state index contributed by atoms with van der Waals surface area (Å²) in [6.07, 6.45) is 0. The molecule has 216 valence electrons. The van der Waals surface area contributed by atoms with E-state index in [9.17, 15) is 0 Å². The zero-order valence-electron chi connectivity index (χ0n) is 24.5. The molecule has 3 nitrogen and oxygen atoms in total. The van der Waals surface area contributed by atoms with Crippen LogP contribution in [0.5, 0.6) is 0 Å². The van der Waals surface area contributed by atoms with Crippen LogP contribution in [-0.2, 0) is 0 Å². The second-order valence-corrected chi connectivity index (χ2v) is 13.8. The monoisotopic (exact) mass is 624 g/mol. The van der Waals surface area contributed by atoms with Gasteiger partial charge in [-0.05, 0) is 90.3 Å². The number of thiophene rings is 2. The van der Waals surface area contributed by atoms with Crippen LogP contribution in [0.15, 0.2) is 150 Å². The molecule has 0 saturated heterocycles. The molecule has 5 heteroatoms. The molecule has 0 aliphatic rings. The van der Waals surface area contributed by atoms with Crippen LogP contribution < -0.4 is 4.90 Å². The molecule has 0 atom stereocenters. The third kappa shape index (κ3) is 3.99. The molecule has 0 aliphatic heterocycles. The third-order valence-electron chi connectivity index (χ3n) is 8.87. The SMILES string of the molecule is c1ccc(-c2nc3ccc4cc(N(c5ccc6sc7ccccc7c6c5)c5ccc6sc7ccccc7c6c5)ccc4c3o2)cc1. The van der Waals surface area contributed by atoms with Gasteiger partial charge in [0.05, 0.1) is 0 Å². The largest absolute Gasteiger partial charge is 0.435 e. The summed E-state index contributed by atoms with van der Waals surface area (Å²) in [6.45, 7) is 0. The molecule has 10 aromatic rings. The van der Waals surface area contributed by atoms with Gasteiger partial charge in [0.2, 0.25) is 5.89 Å². The molecule has 46 heavy (non-hydrogen) atoms. The topological polar surface area (TPSA) is 29.3 Å². The number of anilines is 3. The summed E-state index contributed by atoms with van der Waals surface area (Å²) in [4.78, 5) is 7.19. The van der Waals surface area contributed by atoms with E-state index in [-0.39, 0.29) is 0 Å². The average Bonchev–Trinajstić information content (AvgIpc) is 3.82. The lowest BCUT2D eigenvalue weighted by Gasteiger charge is -2.26. The Hall–Kier alpha value is -5.49. The van der Waals surface area contributed by atoms with Gasteiger partial charge >= 0.3 is 0 Å². The summed E-state index contributed by atoms with van der Waals surface area (Å²) in [5.74, 6) is 0.640. The molecule has 0 radical (unpaired) electrons. The number of hydrogen-bond acceptors (Lipinski definition) is 5. The highest BCUT2D eigenvalue weighted by Gasteiger charge is 2.18. The minimum Gasteiger partial charge on any atom is -0.435 e. The van der Waals surface area contributed by atoms with Crippen LogP contribution in [0.2, 0.25) is 0 Å². The summed E-state index contributed by atoms with van der Waals surface area (Å²) >= 11 is 3.70. The first-order valence-corrected chi connectivity index (χ1v) is 16.9. The van der Waals surface area contributed by atoms with Gasteiger partial charge in [0.25, 0.3) is 0 Å². The molecule has 7 aromatic carbocycles. The zero-order valence-corrected chi connectivity index (χ0v) is 26.1. The lowest BCUT2D eigenvalue weighted by atomic mass is 10.1. The molecule has 10 rings (SSSR count). The van der Waals surface area contributed by atoms with Gasteiger partial charge in [0, 0.05) is 68.4 Å². The van der Waals surface area contributed by atoms with Crippen LogP contribution in [0.3, 0.4) is 0 Å². The van der Waals surface area contributed by atoms with Crippen molar-refractivity contribution in [1.29, 1.82) is 0 Å². The highest BCUT2D eigenvalue weighted by molar-refractivity contribution is 7.26. The Kier molecular flexibility index (Phi) is 5.61. The average molecular weight is 625 g/mol. The first kappa shape index (κ1) is 25.8. The summed E-state index contributed by atoms with van der Waals surface area (Å²) in [5, 5.41) is 7.31. The molecule has 0 amide bonds. The molecule has 0 saturated carbocycles. The van der Waals surface area contributed by atoms with Crippen molar-refractivity contribution in [2.45, 2.75) is 0 Å². The number of fused-ring (bicyclic) bond motifs is 9. The molecular formula is C41H24N2OS2. The van der Waals surface area contributed by atoms with E-state index in [4.69, 9.17) is 9.40 Å². The second-order valence-electron chi connectivity index (χ2n) is 11.6. The predicted octanol–water partition coefficient (Wildman–Crippen LogP) is 12.9. The van der Waals surface area contributed by atoms with E-state index < -0.39 is 0 Å². The van der Waals surface area contributed by atoms with Gasteiger partial charge in [0.1, 0.15) is 5.52 Å². The standard InChI is InChI=1S/C41H24N2OS2/c1-2-8-25(9-3-1)41-42-35-19-14-26-22-27(15-18-30(26)40(35)44-41)43(28-16-20-38-33(23-28)31-10-4-6-12-36(31)45-38)29-17-21-39-34(24-29)32-11-5-7-13-37(32)46-39/h1-24H. The van der Waals surface area contributed by atoms with Crippen molar-refractivity contribution in [2.75, 3.05) is 4.90 Å². The van der Waals surface area contributed by atoms with Gasteiger partial charge in [-0.2, -0.15) is 0 Å². The fraction of sp³-hybridized carbons (Fsp3) is 0. The number of rotatable bonds is 4. The summed E-state index contributed by atoms with van der Waals surface area (Å²) in [7, 11) is 0. The Morgan fingerprint density at radius 1 is 0.457 bits per heavy atom. The van der Waals surface area contributed by atoms with E-state index in [0.717, 1.165) is 44.5 Å². The van der Waals surface area contributed by atoms with Gasteiger partial charge in [0.15, 0.2) is 5.58 Å². The van der Waals surface area contributed by atoms with Crippen LogP contribution >= 0.6 is 22.7 Å². The van der Waals surface area contributed by atoms with E-state index in [1.165, 1.54) is 40.3 Å². The van der Waals surface area contributed by atoms with E-state index in [1.807, 2.05) is 53.0 Å². The summed E-state index contributed by atoms with van der Waals surface area (Å²) < 4.78 is 11.6. The first-order chi connectivity index (χ1) is 22.8. The molecule has 0 N–H and O–H groups in total. The zero-order chi connectivity index (χ0) is 30.2. The third-order valence-corrected chi connectivity index (χ3v) is 11.2. The minimum absolute atomic E-state index is 0.640. The van der Waals surface area contributed by atoms with Crippen LogP contribution in [0.4, 0.5) is 17.1 Å². The first-order valence-electron chi connectivity index (χ1n) is 15.3. The van der Waals surface area contributed by atoms with Gasteiger partial charge in [-0.15, -0.1) is 22.7 Å². The molecule has 3 aromatic heterocycles. The quantitative estimate of drug-likeness (QED) is 0.195.